The summed E-state index contributed by atoms with van der Waals surface area (Å²) in [7, 11) is 1.80. The lowest BCUT2D eigenvalue weighted by molar-refractivity contribution is 0.0596. The van der Waals surface area contributed by atoms with Gasteiger partial charge in [0.2, 0.25) is 0 Å². The summed E-state index contributed by atoms with van der Waals surface area (Å²) in [6, 6.07) is 0. The highest BCUT2D eigenvalue weighted by Gasteiger charge is 2.30. The van der Waals surface area contributed by atoms with E-state index in [2.05, 4.69) is 6.92 Å². The number of nitrogens with two attached hydrogens (primary N) is 1. The third-order valence-corrected chi connectivity index (χ3v) is 3.72. The summed E-state index contributed by atoms with van der Waals surface area (Å²) < 4.78 is 5.37. The van der Waals surface area contributed by atoms with E-state index < -0.39 is 0 Å². The lowest BCUT2D eigenvalue weighted by atomic mass is 9.76. The fraction of sp³-hybridized carbons (Fsp3) is 1.00. The van der Waals surface area contributed by atoms with Gasteiger partial charge in [-0.2, -0.15) is 0 Å². The summed E-state index contributed by atoms with van der Waals surface area (Å²) in [6.07, 6.45) is 9.60. The first kappa shape index (κ1) is 12.0. The van der Waals surface area contributed by atoms with Crippen LogP contribution in [0.2, 0.25) is 0 Å². The lowest BCUT2D eigenvalue weighted by Crippen LogP contribution is -2.33. The van der Waals surface area contributed by atoms with Gasteiger partial charge in [0.1, 0.15) is 0 Å². The zero-order valence-electron chi connectivity index (χ0n) is 9.72. The van der Waals surface area contributed by atoms with Crippen LogP contribution in [0.25, 0.3) is 0 Å². The van der Waals surface area contributed by atoms with Crippen molar-refractivity contribution < 1.29 is 4.74 Å². The Balaban J connectivity index is 2.53. The summed E-state index contributed by atoms with van der Waals surface area (Å²) >= 11 is 0. The van der Waals surface area contributed by atoms with Crippen LogP contribution in [0.4, 0.5) is 0 Å². The van der Waals surface area contributed by atoms with E-state index in [1.807, 2.05) is 0 Å². The van der Waals surface area contributed by atoms with Crippen molar-refractivity contribution in [2.75, 3.05) is 13.7 Å². The third kappa shape index (κ3) is 3.25. The molecule has 2 heteroatoms. The molecule has 1 aliphatic rings. The molecule has 1 fully saturated rings. The average Bonchev–Trinajstić information content (AvgIpc) is 2.44. The van der Waals surface area contributed by atoms with Crippen LogP contribution in [0.1, 0.15) is 51.9 Å². The Morgan fingerprint density at radius 2 is 1.79 bits per heavy atom. The number of ether oxygens (including phenoxy) is 1. The molecule has 0 aromatic heterocycles. The van der Waals surface area contributed by atoms with Crippen molar-refractivity contribution in [3.63, 3.8) is 0 Å². The van der Waals surface area contributed by atoms with Crippen LogP contribution in [0.3, 0.4) is 0 Å². The summed E-state index contributed by atoms with van der Waals surface area (Å²) in [4.78, 5) is 0. The maximum absolute atomic E-state index is 5.96. The van der Waals surface area contributed by atoms with Crippen molar-refractivity contribution in [3.05, 3.63) is 0 Å². The normalized spacial score (nSPS) is 24.2. The Morgan fingerprint density at radius 1 is 1.21 bits per heavy atom. The van der Waals surface area contributed by atoms with Gasteiger partial charge in [-0.15, -0.1) is 0 Å². The zero-order chi connectivity index (χ0) is 10.4. The topological polar surface area (TPSA) is 35.2 Å². The summed E-state index contributed by atoms with van der Waals surface area (Å²) in [5, 5.41) is 0. The van der Waals surface area contributed by atoms with E-state index in [0.717, 1.165) is 13.0 Å². The van der Waals surface area contributed by atoms with Gasteiger partial charge in [0.25, 0.3) is 0 Å². The second-order valence-corrected chi connectivity index (χ2v) is 4.87. The van der Waals surface area contributed by atoms with Crippen molar-refractivity contribution in [2.24, 2.45) is 11.1 Å². The van der Waals surface area contributed by atoms with E-state index in [1.54, 1.807) is 7.11 Å². The average molecular weight is 199 g/mol. The van der Waals surface area contributed by atoms with E-state index >= 15 is 0 Å². The quantitative estimate of drug-likeness (QED) is 0.707. The third-order valence-electron chi connectivity index (χ3n) is 3.72. The fourth-order valence-electron chi connectivity index (χ4n) is 2.66. The molecule has 0 saturated heterocycles. The first-order chi connectivity index (χ1) is 6.72. The van der Waals surface area contributed by atoms with Crippen LogP contribution in [-0.4, -0.2) is 19.8 Å². The molecule has 0 heterocycles. The minimum atomic E-state index is 0.358. The smallest absolute Gasteiger partial charge is 0.0549 e. The number of rotatable bonds is 4. The van der Waals surface area contributed by atoms with Gasteiger partial charge in [-0.25, -0.2) is 0 Å². The molecule has 1 aliphatic carbocycles. The molecule has 2 nitrogen and oxygen atoms in total. The maximum Gasteiger partial charge on any atom is 0.0549 e. The van der Waals surface area contributed by atoms with E-state index in [0.29, 0.717) is 11.5 Å². The Kier molecular flexibility index (Phi) is 4.90. The van der Waals surface area contributed by atoms with Crippen LogP contribution in [0.15, 0.2) is 0 Å². The minimum absolute atomic E-state index is 0.358. The minimum Gasteiger partial charge on any atom is -0.382 e. The number of hydrogen-bond acceptors (Lipinski definition) is 2. The monoisotopic (exact) mass is 199 g/mol. The molecule has 1 unspecified atom stereocenters. The lowest BCUT2D eigenvalue weighted by Gasteiger charge is -2.33. The van der Waals surface area contributed by atoms with Gasteiger partial charge in [-0.3, -0.25) is 0 Å². The van der Waals surface area contributed by atoms with Crippen LogP contribution < -0.4 is 5.73 Å². The molecule has 1 atom stereocenters. The molecule has 1 saturated carbocycles. The number of methoxy groups -OCH3 is 1. The van der Waals surface area contributed by atoms with Gasteiger partial charge in [0.05, 0.1) is 6.10 Å². The molecule has 84 valence electrons. The molecule has 1 rings (SSSR count). The summed E-state index contributed by atoms with van der Waals surface area (Å²) in [6.45, 7) is 2.99. The Bertz CT molecular complexity index is 150. The van der Waals surface area contributed by atoms with Crippen molar-refractivity contribution >= 4 is 0 Å². The molecule has 0 radical (unpaired) electrons. The Morgan fingerprint density at radius 3 is 2.21 bits per heavy atom. The molecule has 0 amide bonds. The van der Waals surface area contributed by atoms with Crippen molar-refractivity contribution in [3.8, 4) is 0 Å². The summed E-state index contributed by atoms with van der Waals surface area (Å²) in [5.41, 5.74) is 6.34. The SMILES string of the molecule is COC(C)CC1(CN)CCCCCC1. The first-order valence-electron chi connectivity index (χ1n) is 5.95. The van der Waals surface area contributed by atoms with Crippen LogP contribution in [0.5, 0.6) is 0 Å². The molecule has 2 N–H and O–H groups in total. The van der Waals surface area contributed by atoms with E-state index in [1.165, 1.54) is 38.5 Å². The van der Waals surface area contributed by atoms with Crippen molar-refractivity contribution in [1.82, 2.24) is 0 Å². The fourth-order valence-corrected chi connectivity index (χ4v) is 2.66. The highest BCUT2D eigenvalue weighted by molar-refractivity contribution is 4.84. The maximum atomic E-state index is 5.96. The van der Waals surface area contributed by atoms with E-state index in [-0.39, 0.29) is 0 Å². The van der Waals surface area contributed by atoms with Crippen molar-refractivity contribution in [2.45, 2.75) is 58.0 Å². The Labute approximate surface area is 88.2 Å². The molecule has 0 spiro atoms. The zero-order valence-corrected chi connectivity index (χ0v) is 9.72. The standard InChI is InChI=1S/C12H25NO/c1-11(14-2)9-12(10-13)7-5-3-4-6-8-12/h11H,3-10,13H2,1-2H3. The Hall–Kier alpha value is -0.0800. The number of hydrogen-bond donors (Lipinski definition) is 1. The molecular formula is C12H25NO. The largest absolute Gasteiger partial charge is 0.382 e. The molecular weight excluding hydrogens is 174 g/mol. The summed E-state index contributed by atoms with van der Waals surface area (Å²) in [5.74, 6) is 0. The van der Waals surface area contributed by atoms with Gasteiger partial charge < -0.3 is 10.5 Å². The molecule has 0 aromatic carbocycles. The second-order valence-electron chi connectivity index (χ2n) is 4.87. The second kappa shape index (κ2) is 5.72. The van der Waals surface area contributed by atoms with Crippen LogP contribution in [-0.2, 0) is 4.74 Å². The first-order valence-corrected chi connectivity index (χ1v) is 5.95. The van der Waals surface area contributed by atoms with Gasteiger partial charge in [-0.1, -0.05) is 25.7 Å². The van der Waals surface area contributed by atoms with E-state index in [4.69, 9.17) is 10.5 Å². The van der Waals surface area contributed by atoms with Gasteiger partial charge >= 0.3 is 0 Å². The van der Waals surface area contributed by atoms with Gasteiger partial charge in [0, 0.05) is 7.11 Å². The molecule has 0 bridgehead atoms. The highest BCUT2D eigenvalue weighted by atomic mass is 16.5. The van der Waals surface area contributed by atoms with Crippen LogP contribution >= 0.6 is 0 Å². The predicted molar refractivity (Wildman–Crippen MR) is 60.3 cm³/mol. The predicted octanol–water partition coefficient (Wildman–Crippen LogP) is 2.71. The highest BCUT2D eigenvalue weighted by Crippen LogP contribution is 2.38. The molecule has 14 heavy (non-hydrogen) atoms. The van der Waals surface area contributed by atoms with Crippen LogP contribution in [0, 0.1) is 5.41 Å². The molecule has 0 aliphatic heterocycles. The van der Waals surface area contributed by atoms with E-state index in [9.17, 15) is 0 Å². The van der Waals surface area contributed by atoms with Gasteiger partial charge in [-0.05, 0) is 38.1 Å². The van der Waals surface area contributed by atoms with Crippen molar-refractivity contribution in [1.29, 1.82) is 0 Å². The van der Waals surface area contributed by atoms with Gasteiger partial charge in [0.15, 0.2) is 0 Å². The molecule has 0 aromatic rings.